The van der Waals surface area contributed by atoms with Crippen molar-refractivity contribution >= 4 is 23.2 Å². The molecule has 1 aromatic heterocycles. The molecule has 0 radical (unpaired) electrons. The Morgan fingerprint density at radius 3 is 2.23 bits per heavy atom. The van der Waals surface area contributed by atoms with Crippen LogP contribution in [0.2, 0.25) is 5.02 Å². The Labute approximate surface area is 177 Å². The number of amides is 1. The maximum Gasteiger partial charge on any atom is 0.433 e. The summed E-state index contributed by atoms with van der Waals surface area (Å²) in [6, 6.07) is 6.98. The molecule has 11 heteroatoms. The van der Waals surface area contributed by atoms with E-state index in [4.69, 9.17) is 11.6 Å². The first-order chi connectivity index (χ1) is 14.4. The lowest BCUT2D eigenvalue weighted by molar-refractivity contribution is -0.141. The molecule has 0 bridgehead atoms. The molecule has 0 spiro atoms. The van der Waals surface area contributed by atoms with Gasteiger partial charge in [-0.3, -0.25) is 9.36 Å². The normalized spacial score (nSPS) is 11.5. The van der Waals surface area contributed by atoms with Gasteiger partial charge in [0.2, 0.25) is 0 Å². The van der Waals surface area contributed by atoms with E-state index in [9.17, 15) is 31.5 Å². The second-order valence-electron chi connectivity index (χ2n) is 6.56. The van der Waals surface area contributed by atoms with Crippen LogP contribution in [0, 0.1) is 18.6 Å². The van der Waals surface area contributed by atoms with Crippen LogP contribution in [0.1, 0.15) is 21.7 Å². The van der Waals surface area contributed by atoms with Gasteiger partial charge in [0.25, 0.3) is 5.91 Å². The van der Waals surface area contributed by atoms with Crippen LogP contribution in [0.15, 0.2) is 47.3 Å². The Kier molecular flexibility index (Phi) is 5.86. The Morgan fingerprint density at radius 1 is 1.06 bits per heavy atom. The Hall–Kier alpha value is -3.27. The first-order valence-electron chi connectivity index (χ1n) is 8.60. The summed E-state index contributed by atoms with van der Waals surface area (Å²) >= 11 is 6.11. The number of carbonyl (C=O) groups excluding carboxylic acids is 1. The van der Waals surface area contributed by atoms with Gasteiger partial charge in [0, 0.05) is 30.1 Å². The molecule has 1 heterocycles. The molecule has 162 valence electrons. The third-order valence-corrected chi connectivity index (χ3v) is 4.69. The Morgan fingerprint density at radius 2 is 1.68 bits per heavy atom. The maximum atomic E-state index is 13.5. The van der Waals surface area contributed by atoms with Crippen LogP contribution >= 0.6 is 11.6 Å². The van der Waals surface area contributed by atoms with Gasteiger partial charge in [-0.25, -0.2) is 13.6 Å². The fourth-order valence-corrected chi connectivity index (χ4v) is 3.10. The molecule has 3 aromatic rings. The molecule has 0 aliphatic carbocycles. The van der Waals surface area contributed by atoms with E-state index in [0.717, 1.165) is 21.6 Å². The topological polar surface area (TPSA) is 55.2 Å². The first-order valence-corrected chi connectivity index (χ1v) is 8.98. The minimum Gasteiger partial charge on any atom is -0.311 e. The van der Waals surface area contributed by atoms with Gasteiger partial charge < -0.3 is 4.90 Å². The molecule has 0 atom stereocenters. The molecular weight excluding hydrogens is 445 g/mol. The fraction of sp³-hybridized carbons (Fsp3) is 0.150. The minimum absolute atomic E-state index is 0.0252. The van der Waals surface area contributed by atoms with E-state index in [1.165, 1.54) is 32.2 Å². The number of nitrogens with zero attached hydrogens (tertiary/aromatic N) is 3. The van der Waals surface area contributed by atoms with Crippen LogP contribution in [0.25, 0.3) is 5.69 Å². The largest absolute Gasteiger partial charge is 0.433 e. The van der Waals surface area contributed by atoms with Crippen LogP contribution in [-0.2, 0) is 6.18 Å². The van der Waals surface area contributed by atoms with Gasteiger partial charge in [0.1, 0.15) is 11.6 Å². The van der Waals surface area contributed by atoms with Gasteiger partial charge in [0.05, 0.1) is 10.7 Å². The van der Waals surface area contributed by atoms with Crippen molar-refractivity contribution in [1.82, 2.24) is 9.55 Å². The number of carbonyl (C=O) groups is 1. The van der Waals surface area contributed by atoms with E-state index < -0.39 is 35.1 Å². The van der Waals surface area contributed by atoms with E-state index in [2.05, 4.69) is 4.98 Å². The zero-order chi connectivity index (χ0) is 23.1. The number of anilines is 1. The lowest BCUT2D eigenvalue weighted by atomic mass is 10.1. The monoisotopic (exact) mass is 457 g/mol. The molecule has 2 aromatic carbocycles. The number of alkyl halides is 3. The molecule has 5 nitrogen and oxygen atoms in total. The van der Waals surface area contributed by atoms with E-state index >= 15 is 0 Å². The molecule has 0 saturated carbocycles. The third kappa shape index (κ3) is 4.58. The predicted octanol–water partition coefficient (Wildman–Crippen LogP) is 4.77. The summed E-state index contributed by atoms with van der Waals surface area (Å²) < 4.78 is 66.5. The average Bonchev–Trinajstić information content (AvgIpc) is 2.66. The summed E-state index contributed by atoms with van der Waals surface area (Å²) in [5, 5.41) is -0.0252. The summed E-state index contributed by atoms with van der Waals surface area (Å²) in [5.74, 6) is -2.47. The van der Waals surface area contributed by atoms with E-state index in [1.807, 2.05) is 0 Å². The van der Waals surface area contributed by atoms with Gasteiger partial charge in [-0.1, -0.05) is 11.6 Å². The molecular formula is C20H13ClF5N3O2. The van der Waals surface area contributed by atoms with E-state index in [0.29, 0.717) is 12.1 Å². The van der Waals surface area contributed by atoms with Crippen molar-refractivity contribution in [2.45, 2.75) is 13.1 Å². The number of hydrogen-bond acceptors (Lipinski definition) is 3. The third-order valence-electron chi connectivity index (χ3n) is 4.37. The molecule has 0 aliphatic rings. The zero-order valence-corrected chi connectivity index (χ0v) is 16.7. The van der Waals surface area contributed by atoms with Gasteiger partial charge in [-0.05, 0) is 43.3 Å². The van der Waals surface area contributed by atoms with Gasteiger partial charge in [-0.2, -0.15) is 18.2 Å². The van der Waals surface area contributed by atoms with Gasteiger partial charge >= 0.3 is 11.9 Å². The second-order valence-corrected chi connectivity index (χ2v) is 6.96. The predicted molar refractivity (Wildman–Crippen MR) is 104 cm³/mol. The number of halogens is 6. The van der Waals surface area contributed by atoms with Gasteiger partial charge in [0.15, 0.2) is 5.69 Å². The SMILES string of the molecule is Cc1cc(C(F)(F)F)nc(=O)n1-c1cc(C(=O)N(C)c2cc(F)cc(F)c2)ccc1Cl. The summed E-state index contributed by atoms with van der Waals surface area (Å²) in [6.45, 7) is 1.25. The maximum absolute atomic E-state index is 13.5. The molecule has 0 aliphatic heterocycles. The van der Waals surface area contributed by atoms with Crippen LogP contribution in [0.5, 0.6) is 0 Å². The van der Waals surface area contributed by atoms with Crippen molar-refractivity contribution in [3.05, 3.63) is 86.6 Å². The molecule has 3 rings (SSSR count). The summed E-state index contributed by atoms with van der Waals surface area (Å²) in [7, 11) is 1.28. The van der Waals surface area contributed by atoms with E-state index in [1.54, 1.807) is 0 Å². The average molecular weight is 458 g/mol. The lowest BCUT2D eigenvalue weighted by Crippen LogP contribution is -2.29. The van der Waals surface area contributed by atoms with Crippen molar-refractivity contribution in [1.29, 1.82) is 0 Å². The number of hydrogen-bond donors (Lipinski definition) is 0. The Balaban J connectivity index is 2.07. The number of benzene rings is 2. The van der Waals surface area contributed by atoms with Crippen molar-refractivity contribution in [3.8, 4) is 5.69 Å². The fourth-order valence-electron chi connectivity index (χ4n) is 2.90. The first kappa shape index (κ1) is 22.4. The van der Waals surface area contributed by atoms with Crippen LogP contribution in [-0.4, -0.2) is 22.5 Å². The highest BCUT2D eigenvalue weighted by Crippen LogP contribution is 2.29. The summed E-state index contributed by atoms with van der Waals surface area (Å²) in [6.07, 6.45) is -4.81. The van der Waals surface area contributed by atoms with Crippen LogP contribution < -0.4 is 10.6 Å². The summed E-state index contributed by atoms with van der Waals surface area (Å²) in [4.78, 5) is 29.1. The van der Waals surface area contributed by atoms with Crippen molar-refractivity contribution in [2.24, 2.45) is 0 Å². The van der Waals surface area contributed by atoms with Crippen molar-refractivity contribution in [2.75, 3.05) is 11.9 Å². The smallest absolute Gasteiger partial charge is 0.311 e. The molecule has 0 fully saturated rings. The second kappa shape index (κ2) is 8.10. The molecule has 1 amide bonds. The van der Waals surface area contributed by atoms with Gasteiger partial charge in [-0.15, -0.1) is 0 Å². The highest BCUT2D eigenvalue weighted by Gasteiger charge is 2.34. The number of rotatable bonds is 3. The quantitative estimate of drug-likeness (QED) is 0.532. The zero-order valence-electron chi connectivity index (χ0n) is 16.0. The minimum atomic E-state index is -4.81. The Bertz CT molecular complexity index is 1220. The standard InChI is InChI=1S/C20H13ClF5N3O2/c1-10-5-17(20(24,25)26)27-19(31)29(10)16-6-11(3-4-15(16)21)18(30)28(2)14-8-12(22)7-13(23)9-14/h3-9H,1-2H3. The number of aryl methyl sites for hydroxylation is 1. The molecule has 0 N–H and O–H groups in total. The van der Waals surface area contributed by atoms with E-state index in [-0.39, 0.29) is 27.7 Å². The molecule has 0 unspecified atom stereocenters. The summed E-state index contributed by atoms with van der Waals surface area (Å²) in [5.41, 5.74) is -2.88. The highest BCUT2D eigenvalue weighted by molar-refractivity contribution is 6.32. The van der Waals surface area contributed by atoms with Crippen molar-refractivity contribution < 1.29 is 26.7 Å². The van der Waals surface area contributed by atoms with Crippen LogP contribution in [0.4, 0.5) is 27.6 Å². The number of aromatic nitrogens is 2. The van der Waals surface area contributed by atoms with Crippen LogP contribution in [0.3, 0.4) is 0 Å². The molecule has 0 saturated heterocycles. The molecule has 31 heavy (non-hydrogen) atoms. The highest BCUT2D eigenvalue weighted by atomic mass is 35.5. The lowest BCUT2D eigenvalue weighted by Gasteiger charge is -2.19. The van der Waals surface area contributed by atoms with Crippen molar-refractivity contribution in [3.63, 3.8) is 0 Å².